The molecule has 0 saturated carbocycles. The first-order valence-electron chi connectivity index (χ1n) is 17.5. The van der Waals surface area contributed by atoms with E-state index in [1.807, 2.05) is 32.9 Å². The summed E-state index contributed by atoms with van der Waals surface area (Å²) >= 11 is 0. The fourth-order valence-corrected chi connectivity index (χ4v) is 6.25. The Morgan fingerprint density at radius 3 is 1.96 bits per heavy atom. The number of dihydropyridines is 1. The van der Waals surface area contributed by atoms with Crippen molar-refractivity contribution >= 4 is 11.9 Å². The Labute approximate surface area is 273 Å². The van der Waals surface area contributed by atoms with Crippen LogP contribution in [0.25, 0.3) is 0 Å². The van der Waals surface area contributed by atoms with E-state index >= 15 is 0 Å². The number of allylic oxidation sites excluding steroid dienone is 1. The lowest BCUT2D eigenvalue weighted by Gasteiger charge is -2.34. The number of ether oxygens (including phenoxy) is 4. The summed E-state index contributed by atoms with van der Waals surface area (Å²) in [6.07, 6.45) is 18.3. The van der Waals surface area contributed by atoms with Gasteiger partial charge in [-0.15, -0.1) is 0 Å². The molecule has 7 nitrogen and oxygen atoms in total. The van der Waals surface area contributed by atoms with Gasteiger partial charge in [0.15, 0.2) is 0 Å². The molecule has 1 aliphatic heterocycles. The maximum atomic E-state index is 13.6. The Kier molecular flexibility index (Phi) is 18.6. The molecule has 45 heavy (non-hydrogen) atoms. The lowest BCUT2D eigenvalue weighted by atomic mass is 9.76. The molecule has 2 rings (SSSR count). The van der Waals surface area contributed by atoms with Crippen molar-refractivity contribution in [3.05, 3.63) is 51.9 Å². The number of esters is 2. The van der Waals surface area contributed by atoms with Crippen molar-refractivity contribution in [2.24, 2.45) is 0 Å². The van der Waals surface area contributed by atoms with E-state index in [4.69, 9.17) is 18.9 Å². The molecule has 1 aliphatic rings. The molecule has 0 aliphatic carbocycles. The summed E-state index contributed by atoms with van der Waals surface area (Å²) in [5.41, 5.74) is 4.19. The second-order valence-corrected chi connectivity index (χ2v) is 12.4. The van der Waals surface area contributed by atoms with Crippen molar-refractivity contribution in [3.63, 3.8) is 0 Å². The van der Waals surface area contributed by atoms with Crippen molar-refractivity contribution in [2.75, 3.05) is 27.4 Å². The highest BCUT2D eigenvalue weighted by Crippen LogP contribution is 2.46. The molecule has 1 atom stereocenters. The van der Waals surface area contributed by atoms with Crippen LogP contribution in [0, 0.1) is 0 Å². The molecular formula is C38H61NO6. The van der Waals surface area contributed by atoms with Crippen molar-refractivity contribution in [1.82, 2.24) is 5.32 Å². The highest BCUT2D eigenvalue weighted by molar-refractivity contribution is 6.02. The van der Waals surface area contributed by atoms with Crippen LogP contribution in [0.3, 0.4) is 0 Å². The molecule has 1 unspecified atom stereocenters. The molecule has 254 valence electrons. The first kappa shape index (κ1) is 38.4. The summed E-state index contributed by atoms with van der Waals surface area (Å²) in [5, 5.41) is 3.18. The standard InChI is InChI=1S/C38H61NO6/c1-8-10-11-12-13-14-15-16-17-18-19-20-21-23-30-24-22-25-32(45-28(3)4)33(30)34-31(26-27-42-6)29(5)39-36(38(41)43-7)35(34)37(40)44-9-2/h22,24-25,28,34,39H,8-21,23,26-27H2,1-7H3. The van der Waals surface area contributed by atoms with Crippen LogP contribution in [0.5, 0.6) is 5.75 Å². The van der Waals surface area contributed by atoms with Gasteiger partial charge < -0.3 is 24.3 Å². The quantitative estimate of drug-likeness (QED) is 0.0957. The molecule has 0 aromatic heterocycles. The number of carbonyl (C=O) groups excluding carboxylic acids is 2. The third-order valence-electron chi connectivity index (χ3n) is 8.52. The molecular weight excluding hydrogens is 566 g/mol. The maximum Gasteiger partial charge on any atom is 0.355 e. The minimum absolute atomic E-state index is 0.0698. The van der Waals surface area contributed by atoms with Gasteiger partial charge in [0, 0.05) is 24.3 Å². The van der Waals surface area contributed by atoms with E-state index in [1.54, 1.807) is 14.0 Å². The fourth-order valence-electron chi connectivity index (χ4n) is 6.25. The Hall–Kier alpha value is -2.80. The van der Waals surface area contributed by atoms with Crippen LogP contribution in [0.15, 0.2) is 40.7 Å². The second-order valence-electron chi connectivity index (χ2n) is 12.4. The Morgan fingerprint density at radius 1 is 0.822 bits per heavy atom. The van der Waals surface area contributed by atoms with Gasteiger partial charge in [-0.25, -0.2) is 9.59 Å². The van der Waals surface area contributed by atoms with Crippen LogP contribution in [0.4, 0.5) is 0 Å². The van der Waals surface area contributed by atoms with E-state index in [0.717, 1.165) is 47.4 Å². The first-order chi connectivity index (χ1) is 21.8. The molecule has 0 fully saturated rings. The zero-order chi connectivity index (χ0) is 33.0. The first-order valence-corrected chi connectivity index (χ1v) is 17.5. The third-order valence-corrected chi connectivity index (χ3v) is 8.52. The van der Waals surface area contributed by atoms with E-state index in [0.29, 0.717) is 13.0 Å². The van der Waals surface area contributed by atoms with Crippen molar-refractivity contribution in [2.45, 2.75) is 143 Å². The number of carbonyl (C=O) groups is 2. The lowest BCUT2D eigenvalue weighted by Crippen LogP contribution is -2.35. The minimum atomic E-state index is -0.603. The van der Waals surface area contributed by atoms with E-state index < -0.39 is 17.9 Å². The fraction of sp³-hybridized carbons (Fsp3) is 0.684. The number of nitrogens with one attached hydrogen (secondary N) is 1. The highest BCUT2D eigenvalue weighted by Gasteiger charge is 2.40. The topological polar surface area (TPSA) is 83.1 Å². The number of methoxy groups -OCH3 is 2. The molecule has 1 aromatic carbocycles. The van der Waals surface area contributed by atoms with E-state index in [2.05, 4.69) is 18.3 Å². The summed E-state index contributed by atoms with van der Waals surface area (Å²) in [7, 11) is 2.99. The molecule has 0 radical (unpaired) electrons. The number of aryl methyl sites for hydroxylation is 1. The monoisotopic (exact) mass is 627 g/mol. The van der Waals surface area contributed by atoms with Crippen LogP contribution >= 0.6 is 0 Å². The average Bonchev–Trinajstić information content (AvgIpc) is 3.01. The molecule has 7 heteroatoms. The second kappa shape index (κ2) is 21.9. The van der Waals surface area contributed by atoms with Gasteiger partial charge in [0.25, 0.3) is 0 Å². The zero-order valence-corrected chi connectivity index (χ0v) is 29.4. The Balaban J connectivity index is 2.30. The van der Waals surface area contributed by atoms with Gasteiger partial charge in [-0.1, -0.05) is 96.1 Å². The van der Waals surface area contributed by atoms with Crippen LogP contribution in [0.2, 0.25) is 0 Å². The van der Waals surface area contributed by atoms with Crippen LogP contribution < -0.4 is 10.1 Å². The highest BCUT2D eigenvalue weighted by atomic mass is 16.5. The number of benzene rings is 1. The van der Waals surface area contributed by atoms with Gasteiger partial charge in [0.1, 0.15) is 11.4 Å². The Bertz CT molecular complexity index is 1110. The normalized spacial score (nSPS) is 15.0. The smallest absolute Gasteiger partial charge is 0.355 e. The van der Waals surface area contributed by atoms with Crippen molar-refractivity contribution in [3.8, 4) is 5.75 Å². The Morgan fingerprint density at radius 2 is 1.42 bits per heavy atom. The average molecular weight is 628 g/mol. The third kappa shape index (κ3) is 12.5. The maximum absolute atomic E-state index is 13.6. The van der Waals surface area contributed by atoms with Gasteiger partial charge in [0.2, 0.25) is 0 Å². The van der Waals surface area contributed by atoms with Gasteiger partial charge in [-0.2, -0.15) is 0 Å². The van der Waals surface area contributed by atoms with Crippen LogP contribution in [0.1, 0.15) is 142 Å². The lowest BCUT2D eigenvalue weighted by molar-refractivity contribution is -0.141. The van der Waals surface area contributed by atoms with E-state index in [9.17, 15) is 9.59 Å². The van der Waals surface area contributed by atoms with E-state index in [1.165, 1.54) is 77.7 Å². The van der Waals surface area contributed by atoms with Gasteiger partial charge in [-0.05, 0) is 64.2 Å². The summed E-state index contributed by atoms with van der Waals surface area (Å²) in [6.45, 7) is 10.6. The van der Waals surface area contributed by atoms with Crippen LogP contribution in [-0.2, 0) is 30.2 Å². The SMILES string of the molecule is CCCCCCCCCCCCCCCc1cccc(OC(C)C)c1C1C(CCOC)=C(C)NC(C(=O)OC)=C1C(=O)OCC. The van der Waals surface area contributed by atoms with Gasteiger partial charge >= 0.3 is 11.9 Å². The summed E-state index contributed by atoms with van der Waals surface area (Å²) < 4.78 is 22.5. The van der Waals surface area contributed by atoms with Gasteiger partial charge in [0.05, 0.1) is 32.0 Å². The molecule has 1 aromatic rings. The summed E-state index contributed by atoms with van der Waals surface area (Å²) in [5.74, 6) is -0.961. The molecule has 1 N–H and O–H groups in total. The van der Waals surface area contributed by atoms with Crippen molar-refractivity contribution in [1.29, 1.82) is 0 Å². The van der Waals surface area contributed by atoms with Crippen molar-refractivity contribution < 1.29 is 28.5 Å². The number of hydrogen-bond acceptors (Lipinski definition) is 7. The molecule has 0 amide bonds. The molecule has 0 bridgehead atoms. The predicted molar refractivity (Wildman–Crippen MR) is 182 cm³/mol. The number of rotatable bonds is 23. The molecule has 0 saturated heterocycles. The number of unbranched alkanes of at least 4 members (excludes halogenated alkanes) is 12. The summed E-state index contributed by atoms with van der Waals surface area (Å²) in [6, 6.07) is 6.13. The molecule has 0 spiro atoms. The predicted octanol–water partition coefficient (Wildman–Crippen LogP) is 9.10. The molecule has 1 heterocycles. The summed E-state index contributed by atoms with van der Waals surface area (Å²) in [4.78, 5) is 26.7. The number of hydrogen-bond donors (Lipinski definition) is 1. The van der Waals surface area contributed by atoms with Gasteiger partial charge in [-0.3, -0.25) is 0 Å². The zero-order valence-electron chi connectivity index (χ0n) is 29.4. The van der Waals surface area contributed by atoms with E-state index in [-0.39, 0.29) is 24.0 Å². The largest absolute Gasteiger partial charge is 0.491 e. The van der Waals surface area contributed by atoms with Crippen LogP contribution in [-0.4, -0.2) is 45.5 Å². The minimum Gasteiger partial charge on any atom is -0.491 e.